The molecule has 1 aliphatic rings. The minimum atomic E-state index is -0.956. The Morgan fingerprint density at radius 2 is 1.92 bits per heavy atom. The number of nitrogens with one attached hydrogen (secondary N) is 2. The summed E-state index contributed by atoms with van der Waals surface area (Å²) in [5.74, 6) is -2.09. The van der Waals surface area contributed by atoms with Crippen LogP contribution >= 0.6 is 0 Å². The number of amides is 2. The van der Waals surface area contributed by atoms with Gasteiger partial charge in [-0.1, -0.05) is 31.9 Å². The molecule has 0 spiro atoms. The molecule has 1 saturated carbocycles. The first-order valence-corrected chi connectivity index (χ1v) is 8.91. The fourth-order valence-electron chi connectivity index (χ4n) is 3.02. The molecule has 0 aromatic heterocycles. The lowest BCUT2D eigenvalue weighted by molar-refractivity contribution is -0.154. The molecule has 0 saturated heterocycles. The van der Waals surface area contributed by atoms with E-state index in [0.717, 1.165) is 25.3 Å². The second-order valence-electron chi connectivity index (χ2n) is 6.67. The molecule has 1 fully saturated rings. The van der Waals surface area contributed by atoms with E-state index in [-0.39, 0.29) is 17.5 Å². The summed E-state index contributed by atoms with van der Waals surface area (Å²) in [6.07, 6.45) is 3.28. The Labute approximate surface area is 152 Å². The summed E-state index contributed by atoms with van der Waals surface area (Å²) < 4.78 is 18.6. The van der Waals surface area contributed by atoms with Crippen LogP contribution in [0.5, 0.6) is 0 Å². The third-order valence-electron chi connectivity index (χ3n) is 4.63. The largest absolute Gasteiger partial charge is 0.451 e. The van der Waals surface area contributed by atoms with Gasteiger partial charge in [0.1, 0.15) is 12.4 Å². The minimum Gasteiger partial charge on any atom is -0.451 e. The van der Waals surface area contributed by atoms with Crippen molar-refractivity contribution in [2.24, 2.45) is 5.92 Å². The van der Waals surface area contributed by atoms with E-state index in [9.17, 15) is 18.8 Å². The van der Waals surface area contributed by atoms with Gasteiger partial charge in [-0.3, -0.25) is 14.4 Å². The topological polar surface area (TPSA) is 84.5 Å². The number of esters is 1. The van der Waals surface area contributed by atoms with Gasteiger partial charge in [0.25, 0.3) is 11.8 Å². The van der Waals surface area contributed by atoms with Crippen LogP contribution in [-0.4, -0.2) is 36.5 Å². The van der Waals surface area contributed by atoms with Crippen LogP contribution in [0.15, 0.2) is 24.3 Å². The van der Waals surface area contributed by atoms with Gasteiger partial charge in [-0.2, -0.15) is 0 Å². The van der Waals surface area contributed by atoms with Gasteiger partial charge in [0.2, 0.25) is 0 Å². The highest BCUT2D eigenvalue weighted by molar-refractivity contribution is 5.96. The summed E-state index contributed by atoms with van der Waals surface area (Å²) >= 11 is 0. The van der Waals surface area contributed by atoms with Gasteiger partial charge in [-0.05, 0) is 37.8 Å². The summed E-state index contributed by atoms with van der Waals surface area (Å²) in [6, 6.07) is 5.56. The fourth-order valence-corrected chi connectivity index (χ4v) is 3.02. The standard InChI is InChI=1S/C19H25FN2O4/c1-12-7-3-6-10-16(12)22-18(24)13(2)26-17(23)11-21-19(25)14-8-4-5-9-15(14)20/h4-5,8-9,12-13,16H,3,6-7,10-11H2,1-2H3,(H,21,25)(H,22,24)/t12-,13-,16+/m1/s1. The third kappa shape index (κ3) is 5.54. The Balaban J connectivity index is 1.76. The van der Waals surface area contributed by atoms with Crippen LogP contribution < -0.4 is 10.6 Å². The number of hydrogen-bond acceptors (Lipinski definition) is 4. The van der Waals surface area contributed by atoms with E-state index in [0.29, 0.717) is 5.92 Å². The van der Waals surface area contributed by atoms with Crippen molar-refractivity contribution in [3.63, 3.8) is 0 Å². The number of rotatable bonds is 6. The monoisotopic (exact) mass is 364 g/mol. The van der Waals surface area contributed by atoms with E-state index < -0.39 is 30.3 Å². The lowest BCUT2D eigenvalue weighted by Crippen LogP contribution is -2.46. The molecule has 2 N–H and O–H groups in total. The number of carbonyl (C=O) groups excluding carboxylic acids is 3. The molecule has 6 nitrogen and oxygen atoms in total. The average molecular weight is 364 g/mol. The second kappa shape index (κ2) is 9.31. The molecule has 26 heavy (non-hydrogen) atoms. The van der Waals surface area contributed by atoms with Crippen LogP contribution in [0.3, 0.4) is 0 Å². The van der Waals surface area contributed by atoms with Crippen LogP contribution in [0, 0.1) is 11.7 Å². The van der Waals surface area contributed by atoms with E-state index in [1.165, 1.54) is 31.5 Å². The highest BCUT2D eigenvalue weighted by Crippen LogP contribution is 2.23. The maximum Gasteiger partial charge on any atom is 0.326 e. The molecule has 0 bridgehead atoms. The molecular formula is C19H25FN2O4. The lowest BCUT2D eigenvalue weighted by Gasteiger charge is -2.30. The molecule has 0 radical (unpaired) electrons. The molecule has 1 aromatic rings. The highest BCUT2D eigenvalue weighted by atomic mass is 19.1. The molecule has 7 heteroatoms. The third-order valence-corrected chi connectivity index (χ3v) is 4.63. The van der Waals surface area contributed by atoms with Gasteiger partial charge in [0, 0.05) is 6.04 Å². The molecular weight excluding hydrogens is 339 g/mol. The van der Waals surface area contributed by atoms with Crippen molar-refractivity contribution >= 4 is 17.8 Å². The molecule has 0 aliphatic heterocycles. The van der Waals surface area contributed by atoms with Gasteiger partial charge in [0.05, 0.1) is 5.56 Å². The zero-order chi connectivity index (χ0) is 19.1. The number of ether oxygens (including phenoxy) is 1. The number of benzene rings is 1. The second-order valence-corrected chi connectivity index (χ2v) is 6.67. The van der Waals surface area contributed by atoms with Crippen molar-refractivity contribution in [2.45, 2.75) is 51.7 Å². The summed E-state index contributed by atoms with van der Waals surface area (Å²) in [5, 5.41) is 5.21. The first kappa shape index (κ1) is 19.9. The molecule has 142 valence electrons. The molecule has 1 aromatic carbocycles. The maximum atomic E-state index is 13.5. The molecule has 2 rings (SSSR count). The summed E-state index contributed by atoms with van der Waals surface area (Å²) in [4.78, 5) is 35.8. The number of halogens is 1. The Morgan fingerprint density at radius 1 is 1.23 bits per heavy atom. The minimum absolute atomic E-state index is 0.0955. The van der Waals surface area contributed by atoms with Gasteiger partial charge in [-0.15, -0.1) is 0 Å². The fraction of sp³-hybridized carbons (Fsp3) is 0.526. The van der Waals surface area contributed by atoms with Crippen LogP contribution in [0.4, 0.5) is 4.39 Å². The highest BCUT2D eigenvalue weighted by Gasteiger charge is 2.26. The zero-order valence-corrected chi connectivity index (χ0v) is 15.1. The zero-order valence-electron chi connectivity index (χ0n) is 15.1. The predicted octanol–water partition coefficient (Wildman–Crippen LogP) is 2.18. The Bertz CT molecular complexity index is 665. The van der Waals surface area contributed by atoms with E-state index in [4.69, 9.17) is 4.74 Å². The van der Waals surface area contributed by atoms with Crippen molar-refractivity contribution < 1.29 is 23.5 Å². The number of carbonyl (C=O) groups is 3. The normalized spacial score (nSPS) is 20.7. The Hall–Kier alpha value is -2.44. The summed E-state index contributed by atoms with van der Waals surface area (Å²) in [5.41, 5.74) is -0.155. The van der Waals surface area contributed by atoms with E-state index in [1.54, 1.807) is 0 Å². The quantitative estimate of drug-likeness (QED) is 0.758. The summed E-state index contributed by atoms with van der Waals surface area (Å²) in [6.45, 7) is 3.14. The first-order valence-electron chi connectivity index (χ1n) is 8.91. The van der Waals surface area contributed by atoms with Crippen LogP contribution in [0.25, 0.3) is 0 Å². The van der Waals surface area contributed by atoms with Gasteiger partial charge < -0.3 is 15.4 Å². The molecule has 0 heterocycles. The Kier molecular flexibility index (Phi) is 7.12. The Morgan fingerprint density at radius 3 is 2.62 bits per heavy atom. The molecule has 0 unspecified atom stereocenters. The predicted molar refractivity (Wildman–Crippen MR) is 93.8 cm³/mol. The number of hydrogen-bond donors (Lipinski definition) is 2. The molecule has 1 aliphatic carbocycles. The van der Waals surface area contributed by atoms with Crippen molar-refractivity contribution in [1.82, 2.24) is 10.6 Å². The maximum absolute atomic E-state index is 13.5. The van der Waals surface area contributed by atoms with Crippen molar-refractivity contribution in [3.8, 4) is 0 Å². The van der Waals surface area contributed by atoms with Crippen molar-refractivity contribution in [3.05, 3.63) is 35.6 Å². The van der Waals surface area contributed by atoms with Crippen molar-refractivity contribution in [1.29, 1.82) is 0 Å². The SMILES string of the molecule is C[C@@H]1CCCC[C@@H]1NC(=O)[C@@H](C)OC(=O)CNC(=O)c1ccccc1F. The average Bonchev–Trinajstić information content (AvgIpc) is 2.62. The van der Waals surface area contributed by atoms with Crippen LogP contribution in [-0.2, 0) is 14.3 Å². The smallest absolute Gasteiger partial charge is 0.326 e. The van der Waals surface area contributed by atoms with E-state index in [1.807, 2.05) is 0 Å². The van der Waals surface area contributed by atoms with Crippen LogP contribution in [0.1, 0.15) is 49.9 Å². The van der Waals surface area contributed by atoms with Crippen LogP contribution in [0.2, 0.25) is 0 Å². The van der Waals surface area contributed by atoms with Crippen molar-refractivity contribution in [2.75, 3.05) is 6.54 Å². The van der Waals surface area contributed by atoms with Gasteiger partial charge >= 0.3 is 5.97 Å². The molecule has 2 amide bonds. The van der Waals surface area contributed by atoms with E-state index >= 15 is 0 Å². The van der Waals surface area contributed by atoms with Gasteiger partial charge in [0.15, 0.2) is 6.10 Å². The summed E-state index contributed by atoms with van der Waals surface area (Å²) in [7, 11) is 0. The van der Waals surface area contributed by atoms with Gasteiger partial charge in [-0.25, -0.2) is 4.39 Å². The van der Waals surface area contributed by atoms with E-state index in [2.05, 4.69) is 17.6 Å². The lowest BCUT2D eigenvalue weighted by atomic mass is 9.86. The molecule has 3 atom stereocenters. The first-order chi connectivity index (χ1) is 12.4.